The molecule has 0 unspecified atom stereocenters. The van der Waals surface area contributed by atoms with Crippen LogP contribution in [0.15, 0.2) is 53.6 Å². The highest BCUT2D eigenvalue weighted by molar-refractivity contribution is 7.89. The summed E-state index contributed by atoms with van der Waals surface area (Å²) in [4.78, 5) is 11.0. The number of ether oxygens (including phenoxy) is 1. The highest BCUT2D eigenvalue weighted by atomic mass is 32.2. The molecule has 2 aromatic carbocycles. The van der Waals surface area contributed by atoms with Crippen molar-refractivity contribution < 1.29 is 31.1 Å². The Balaban J connectivity index is 1.72. The summed E-state index contributed by atoms with van der Waals surface area (Å²) >= 11 is 0. The Morgan fingerprint density at radius 2 is 1.81 bits per heavy atom. The quantitative estimate of drug-likeness (QED) is 0.829. The number of rotatable bonds is 4. The fraction of sp³-hybridized carbons (Fsp3) is 0.118. The number of hydrogen-bond donors (Lipinski definition) is 2. The summed E-state index contributed by atoms with van der Waals surface area (Å²) in [6, 6.07) is 8.03. The van der Waals surface area contributed by atoms with E-state index in [0.29, 0.717) is 29.1 Å². The third-order valence-electron chi connectivity index (χ3n) is 3.63. The largest absolute Gasteiger partial charge is 0.482 e. The first kappa shape index (κ1) is 18.8. The maximum atomic E-state index is 12.5. The summed E-state index contributed by atoms with van der Waals surface area (Å²) in [5, 5.41) is 2.62. The molecule has 0 atom stereocenters. The maximum absolute atomic E-state index is 12.5. The molecule has 0 fully saturated rings. The van der Waals surface area contributed by atoms with Gasteiger partial charge in [0.1, 0.15) is 5.75 Å². The molecule has 1 amide bonds. The van der Waals surface area contributed by atoms with E-state index in [1.165, 1.54) is 6.08 Å². The summed E-state index contributed by atoms with van der Waals surface area (Å²) in [7, 11) is -4.02. The fourth-order valence-corrected chi connectivity index (χ4v) is 3.19. The van der Waals surface area contributed by atoms with Gasteiger partial charge in [-0.25, -0.2) is 8.42 Å². The number of hydrogen-bond acceptors (Lipinski definition) is 4. The van der Waals surface area contributed by atoms with E-state index in [1.54, 1.807) is 18.2 Å². The third kappa shape index (κ3) is 4.40. The standard InChI is InChI=1S/C17H13F3N2O4S/c18-17(19,20)12-2-4-13(5-3-12)27(24,25)21-8-7-11-1-6-15-14(9-11)22-16(23)10-26-15/h1-9,21H,10H2,(H,22,23). The number of sulfonamides is 1. The molecule has 0 radical (unpaired) electrons. The summed E-state index contributed by atoms with van der Waals surface area (Å²) in [6.45, 7) is -0.0743. The SMILES string of the molecule is O=C1COc2ccc(C=CNS(=O)(=O)c3ccc(C(F)(F)F)cc3)cc2N1. The fourth-order valence-electron chi connectivity index (χ4n) is 2.32. The first-order valence-electron chi connectivity index (χ1n) is 7.58. The van der Waals surface area contributed by atoms with Crippen LogP contribution >= 0.6 is 0 Å². The molecule has 0 aromatic heterocycles. The van der Waals surface area contributed by atoms with Crippen molar-refractivity contribution in [3.8, 4) is 5.75 Å². The minimum atomic E-state index is -4.54. The number of carbonyl (C=O) groups is 1. The van der Waals surface area contributed by atoms with E-state index >= 15 is 0 Å². The van der Waals surface area contributed by atoms with E-state index in [0.717, 1.165) is 18.3 Å². The summed E-state index contributed by atoms with van der Waals surface area (Å²) in [5.41, 5.74) is 0.101. The molecule has 0 aliphatic carbocycles. The van der Waals surface area contributed by atoms with E-state index in [1.807, 2.05) is 0 Å². The van der Waals surface area contributed by atoms with Crippen LogP contribution in [0.2, 0.25) is 0 Å². The molecule has 1 aliphatic heterocycles. The second kappa shape index (κ2) is 6.95. The zero-order chi connectivity index (χ0) is 19.7. The lowest BCUT2D eigenvalue weighted by molar-refractivity contribution is -0.137. The van der Waals surface area contributed by atoms with Crippen molar-refractivity contribution in [1.29, 1.82) is 0 Å². The molecule has 10 heteroatoms. The molecule has 2 aromatic rings. The van der Waals surface area contributed by atoms with Crippen LogP contribution in [0.25, 0.3) is 6.08 Å². The Bertz CT molecular complexity index is 1000. The summed E-state index contributed by atoms with van der Waals surface area (Å²) in [6.07, 6.45) is -1.97. The van der Waals surface area contributed by atoms with Crippen molar-refractivity contribution in [3.05, 3.63) is 59.8 Å². The molecule has 142 valence electrons. The number of fused-ring (bicyclic) bond motifs is 1. The van der Waals surface area contributed by atoms with E-state index in [4.69, 9.17) is 4.74 Å². The van der Waals surface area contributed by atoms with Gasteiger partial charge >= 0.3 is 6.18 Å². The van der Waals surface area contributed by atoms with Crippen molar-refractivity contribution in [3.63, 3.8) is 0 Å². The highest BCUT2D eigenvalue weighted by Crippen LogP contribution is 2.30. The molecular formula is C17H13F3N2O4S. The van der Waals surface area contributed by atoms with Crippen molar-refractivity contribution in [2.45, 2.75) is 11.1 Å². The lowest BCUT2D eigenvalue weighted by Crippen LogP contribution is -2.25. The van der Waals surface area contributed by atoms with Crippen LogP contribution in [-0.2, 0) is 21.0 Å². The van der Waals surface area contributed by atoms with Crippen molar-refractivity contribution in [2.75, 3.05) is 11.9 Å². The molecule has 0 saturated carbocycles. The Kier molecular flexibility index (Phi) is 4.83. The van der Waals surface area contributed by atoms with E-state index < -0.39 is 21.8 Å². The van der Waals surface area contributed by atoms with Crippen molar-refractivity contribution in [2.24, 2.45) is 0 Å². The van der Waals surface area contributed by atoms with Gasteiger partial charge in [-0.3, -0.25) is 9.52 Å². The minimum Gasteiger partial charge on any atom is -0.482 e. The van der Waals surface area contributed by atoms with Gasteiger partial charge in [0, 0.05) is 6.20 Å². The van der Waals surface area contributed by atoms with Crippen LogP contribution in [0, 0.1) is 0 Å². The van der Waals surface area contributed by atoms with Crippen LogP contribution < -0.4 is 14.8 Å². The van der Waals surface area contributed by atoms with Gasteiger partial charge in [0.2, 0.25) is 0 Å². The van der Waals surface area contributed by atoms with Crippen molar-refractivity contribution >= 4 is 27.7 Å². The van der Waals surface area contributed by atoms with Gasteiger partial charge in [-0.1, -0.05) is 6.07 Å². The first-order valence-corrected chi connectivity index (χ1v) is 9.06. The van der Waals surface area contributed by atoms with Gasteiger partial charge in [0.15, 0.2) is 6.61 Å². The normalized spacial score (nSPS) is 14.4. The van der Waals surface area contributed by atoms with E-state index in [-0.39, 0.29) is 17.4 Å². The lowest BCUT2D eigenvalue weighted by Gasteiger charge is -2.17. The van der Waals surface area contributed by atoms with Crippen LogP contribution in [0.5, 0.6) is 5.75 Å². The predicted octanol–water partition coefficient (Wildman–Crippen LogP) is 2.99. The maximum Gasteiger partial charge on any atom is 0.416 e. The summed E-state index contributed by atoms with van der Waals surface area (Å²) < 4.78 is 69.3. The van der Waals surface area contributed by atoms with Crippen LogP contribution in [-0.4, -0.2) is 20.9 Å². The number of nitrogens with one attached hydrogen (secondary N) is 2. The number of alkyl halides is 3. The first-order chi connectivity index (χ1) is 12.6. The zero-order valence-electron chi connectivity index (χ0n) is 13.6. The van der Waals surface area contributed by atoms with Gasteiger partial charge in [-0.2, -0.15) is 13.2 Å². The van der Waals surface area contributed by atoms with E-state index in [2.05, 4.69) is 10.0 Å². The van der Waals surface area contributed by atoms with Gasteiger partial charge in [0.25, 0.3) is 15.9 Å². The molecule has 0 saturated heterocycles. The molecule has 27 heavy (non-hydrogen) atoms. The number of halogens is 3. The monoisotopic (exact) mass is 398 g/mol. The van der Waals surface area contributed by atoms with Gasteiger partial charge in [-0.15, -0.1) is 0 Å². The Hall–Kier alpha value is -3.01. The minimum absolute atomic E-state index is 0.0743. The van der Waals surface area contributed by atoms with Crippen molar-refractivity contribution in [1.82, 2.24) is 4.72 Å². The Labute approximate surface area is 152 Å². The van der Waals surface area contributed by atoms with Crippen LogP contribution in [0.4, 0.5) is 18.9 Å². The molecule has 6 nitrogen and oxygen atoms in total. The number of amides is 1. The smallest absolute Gasteiger partial charge is 0.416 e. The van der Waals surface area contributed by atoms with E-state index in [9.17, 15) is 26.4 Å². The molecule has 2 N–H and O–H groups in total. The number of anilines is 1. The zero-order valence-corrected chi connectivity index (χ0v) is 14.4. The molecule has 1 aliphatic rings. The molecular weight excluding hydrogens is 385 g/mol. The number of benzene rings is 2. The number of carbonyl (C=O) groups excluding carboxylic acids is 1. The lowest BCUT2D eigenvalue weighted by atomic mass is 10.1. The van der Waals surface area contributed by atoms with Gasteiger partial charge in [-0.05, 0) is 48.0 Å². The molecule has 3 rings (SSSR count). The Morgan fingerprint density at radius 1 is 1.11 bits per heavy atom. The van der Waals surface area contributed by atoms with Crippen LogP contribution in [0.1, 0.15) is 11.1 Å². The second-order valence-electron chi connectivity index (χ2n) is 5.57. The molecule has 1 heterocycles. The summed E-state index contributed by atoms with van der Waals surface area (Å²) in [5.74, 6) is 0.198. The molecule has 0 spiro atoms. The average molecular weight is 398 g/mol. The topological polar surface area (TPSA) is 84.5 Å². The van der Waals surface area contributed by atoms with Crippen LogP contribution in [0.3, 0.4) is 0 Å². The predicted molar refractivity (Wildman–Crippen MR) is 91.4 cm³/mol. The Morgan fingerprint density at radius 3 is 2.48 bits per heavy atom. The highest BCUT2D eigenvalue weighted by Gasteiger charge is 2.30. The van der Waals surface area contributed by atoms with Gasteiger partial charge in [0.05, 0.1) is 16.1 Å². The molecule has 0 bridgehead atoms. The second-order valence-corrected chi connectivity index (χ2v) is 7.28. The average Bonchev–Trinajstić information content (AvgIpc) is 2.60. The van der Waals surface area contributed by atoms with Gasteiger partial charge < -0.3 is 10.1 Å². The third-order valence-corrected chi connectivity index (χ3v) is 4.97.